The van der Waals surface area contributed by atoms with E-state index < -0.39 is 0 Å². The lowest BCUT2D eigenvalue weighted by molar-refractivity contribution is -0.113. The predicted molar refractivity (Wildman–Crippen MR) is 81.1 cm³/mol. The maximum Gasteiger partial charge on any atom is 0.234 e. The Balaban J connectivity index is 1.91. The summed E-state index contributed by atoms with van der Waals surface area (Å²) in [4.78, 5) is 11.8. The number of anilines is 1. The molecule has 1 aromatic heterocycles. The molecule has 0 fully saturated rings. The van der Waals surface area contributed by atoms with Crippen LogP contribution in [0, 0.1) is 0 Å². The fourth-order valence-corrected chi connectivity index (χ4v) is 2.70. The number of nitrogens with zero attached hydrogens (tertiary/aromatic N) is 3. The molecule has 2 rings (SSSR count). The average Bonchev–Trinajstić information content (AvgIpc) is 2.82. The van der Waals surface area contributed by atoms with Gasteiger partial charge in [0.2, 0.25) is 5.91 Å². The molecule has 1 aromatic carbocycles. The van der Waals surface area contributed by atoms with E-state index in [1.807, 2.05) is 7.05 Å². The maximum absolute atomic E-state index is 11.8. The molecule has 0 atom stereocenters. The normalized spacial score (nSPS) is 10.3. The van der Waals surface area contributed by atoms with Gasteiger partial charge in [-0.05, 0) is 34.1 Å². The minimum Gasteiger partial charge on any atom is -0.496 e. The molecule has 6 nitrogen and oxygen atoms in total. The second-order valence-electron chi connectivity index (χ2n) is 3.91. The van der Waals surface area contributed by atoms with Gasteiger partial charge >= 0.3 is 0 Å². The molecule has 0 saturated heterocycles. The second-order valence-corrected chi connectivity index (χ2v) is 5.71. The van der Waals surface area contributed by atoms with E-state index in [0.29, 0.717) is 10.8 Å². The highest BCUT2D eigenvalue weighted by molar-refractivity contribution is 9.10. The molecule has 8 heteroatoms. The zero-order valence-corrected chi connectivity index (χ0v) is 13.4. The van der Waals surface area contributed by atoms with Crippen molar-refractivity contribution >= 4 is 39.3 Å². The number of methoxy groups -OCH3 is 1. The van der Waals surface area contributed by atoms with Gasteiger partial charge in [-0.15, -0.1) is 10.2 Å². The number of aromatic nitrogens is 3. The van der Waals surface area contributed by atoms with Crippen LogP contribution in [-0.4, -0.2) is 33.5 Å². The number of benzene rings is 1. The molecule has 0 spiro atoms. The van der Waals surface area contributed by atoms with E-state index in [1.54, 1.807) is 36.2 Å². The first kappa shape index (κ1) is 14.9. The molecule has 0 bridgehead atoms. The van der Waals surface area contributed by atoms with Crippen LogP contribution in [0.4, 0.5) is 5.69 Å². The SMILES string of the molecule is COc1ccc(NC(=O)CSc2nncn2C)cc1Br. The summed E-state index contributed by atoms with van der Waals surface area (Å²) in [5.74, 6) is 0.891. The quantitative estimate of drug-likeness (QED) is 0.832. The number of nitrogens with one attached hydrogen (secondary N) is 1. The van der Waals surface area contributed by atoms with Crippen LogP contribution >= 0.6 is 27.7 Å². The van der Waals surface area contributed by atoms with Crippen molar-refractivity contribution in [3.05, 3.63) is 29.0 Å². The van der Waals surface area contributed by atoms with E-state index in [1.165, 1.54) is 11.8 Å². The number of carbonyl (C=O) groups is 1. The smallest absolute Gasteiger partial charge is 0.234 e. The molecule has 106 valence electrons. The number of rotatable bonds is 5. The number of carbonyl (C=O) groups excluding carboxylic acids is 1. The molecule has 1 heterocycles. The van der Waals surface area contributed by atoms with Crippen molar-refractivity contribution < 1.29 is 9.53 Å². The van der Waals surface area contributed by atoms with Crippen LogP contribution in [0.1, 0.15) is 0 Å². The van der Waals surface area contributed by atoms with Gasteiger partial charge < -0.3 is 14.6 Å². The number of hydrogen-bond donors (Lipinski definition) is 1. The minimum absolute atomic E-state index is 0.102. The summed E-state index contributed by atoms with van der Waals surface area (Å²) < 4.78 is 7.69. The first-order chi connectivity index (χ1) is 9.60. The molecule has 0 aliphatic rings. The van der Waals surface area contributed by atoms with Crippen LogP contribution in [0.15, 0.2) is 34.2 Å². The van der Waals surface area contributed by atoms with Crippen LogP contribution in [0.5, 0.6) is 5.75 Å². The summed E-state index contributed by atoms with van der Waals surface area (Å²) in [6.45, 7) is 0. The predicted octanol–water partition coefficient (Wildman–Crippen LogP) is 2.32. The Hall–Kier alpha value is -1.54. The van der Waals surface area contributed by atoms with Crippen molar-refractivity contribution in [1.29, 1.82) is 0 Å². The van der Waals surface area contributed by atoms with Gasteiger partial charge in [-0.1, -0.05) is 11.8 Å². The molecule has 1 N–H and O–H groups in total. The highest BCUT2D eigenvalue weighted by Gasteiger charge is 2.08. The van der Waals surface area contributed by atoms with Crippen LogP contribution < -0.4 is 10.1 Å². The van der Waals surface area contributed by atoms with E-state index in [2.05, 4.69) is 31.4 Å². The molecule has 0 aliphatic carbocycles. The number of halogens is 1. The molecule has 0 saturated carbocycles. The van der Waals surface area contributed by atoms with Crippen molar-refractivity contribution in [2.45, 2.75) is 5.16 Å². The molecular formula is C12H13BrN4O2S. The molecule has 1 amide bonds. The van der Waals surface area contributed by atoms with E-state index in [9.17, 15) is 4.79 Å². The van der Waals surface area contributed by atoms with Gasteiger partial charge in [-0.25, -0.2) is 0 Å². The van der Waals surface area contributed by atoms with Gasteiger partial charge in [-0.3, -0.25) is 4.79 Å². The fraction of sp³-hybridized carbons (Fsp3) is 0.250. The summed E-state index contributed by atoms with van der Waals surface area (Å²) in [6, 6.07) is 5.37. The molecular weight excluding hydrogens is 344 g/mol. The molecule has 20 heavy (non-hydrogen) atoms. The Bertz CT molecular complexity index is 617. The number of thioether (sulfide) groups is 1. The third kappa shape index (κ3) is 3.73. The van der Waals surface area contributed by atoms with Crippen molar-refractivity contribution in [2.24, 2.45) is 7.05 Å². The Labute approximate surface area is 129 Å². The van der Waals surface area contributed by atoms with Gasteiger partial charge in [0.25, 0.3) is 0 Å². The highest BCUT2D eigenvalue weighted by Crippen LogP contribution is 2.27. The largest absolute Gasteiger partial charge is 0.496 e. The summed E-state index contributed by atoms with van der Waals surface area (Å²) >= 11 is 4.71. The fourth-order valence-electron chi connectivity index (χ4n) is 1.47. The zero-order valence-electron chi connectivity index (χ0n) is 11.0. The van der Waals surface area contributed by atoms with Crippen LogP contribution in [0.3, 0.4) is 0 Å². The maximum atomic E-state index is 11.8. The summed E-state index contributed by atoms with van der Waals surface area (Å²) in [5.41, 5.74) is 0.709. The minimum atomic E-state index is -0.102. The molecule has 2 aromatic rings. The molecule has 0 unspecified atom stereocenters. The summed E-state index contributed by atoms with van der Waals surface area (Å²) in [5, 5.41) is 11.2. The average molecular weight is 357 g/mol. The summed E-state index contributed by atoms with van der Waals surface area (Å²) in [7, 11) is 3.43. The molecule has 0 radical (unpaired) electrons. The molecule has 0 aliphatic heterocycles. The van der Waals surface area contributed by atoms with Gasteiger partial charge in [0.05, 0.1) is 17.3 Å². The number of hydrogen-bond acceptors (Lipinski definition) is 5. The van der Waals surface area contributed by atoms with Crippen molar-refractivity contribution in [3.63, 3.8) is 0 Å². The van der Waals surface area contributed by atoms with Crippen molar-refractivity contribution in [3.8, 4) is 5.75 Å². The monoisotopic (exact) mass is 356 g/mol. The van der Waals surface area contributed by atoms with Gasteiger partial charge in [0, 0.05) is 12.7 Å². The van der Waals surface area contributed by atoms with E-state index in [4.69, 9.17) is 4.74 Å². The summed E-state index contributed by atoms with van der Waals surface area (Å²) in [6.07, 6.45) is 1.60. The Kier molecular flexibility index (Phi) is 5.02. The van der Waals surface area contributed by atoms with Crippen molar-refractivity contribution in [1.82, 2.24) is 14.8 Å². The third-order valence-corrected chi connectivity index (χ3v) is 4.09. The van der Waals surface area contributed by atoms with Crippen molar-refractivity contribution in [2.75, 3.05) is 18.2 Å². The van der Waals surface area contributed by atoms with Crippen LogP contribution in [-0.2, 0) is 11.8 Å². The highest BCUT2D eigenvalue weighted by atomic mass is 79.9. The number of amides is 1. The van der Waals surface area contributed by atoms with Crippen LogP contribution in [0.25, 0.3) is 0 Å². The third-order valence-electron chi connectivity index (χ3n) is 2.44. The standard InChI is InChI=1S/C12H13BrN4O2S/c1-17-7-14-16-12(17)20-6-11(18)15-8-3-4-10(19-2)9(13)5-8/h3-5,7H,6H2,1-2H3,(H,15,18). The Morgan fingerprint density at radius 3 is 2.95 bits per heavy atom. The second kappa shape index (κ2) is 6.76. The van der Waals surface area contributed by atoms with Gasteiger partial charge in [0.15, 0.2) is 5.16 Å². The van der Waals surface area contributed by atoms with Gasteiger partial charge in [0.1, 0.15) is 12.1 Å². The van der Waals surface area contributed by atoms with Gasteiger partial charge in [-0.2, -0.15) is 0 Å². The van der Waals surface area contributed by atoms with Crippen LogP contribution in [0.2, 0.25) is 0 Å². The lowest BCUT2D eigenvalue weighted by Crippen LogP contribution is -2.14. The Morgan fingerprint density at radius 2 is 2.35 bits per heavy atom. The first-order valence-electron chi connectivity index (χ1n) is 5.70. The topological polar surface area (TPSA) is 69.0 Å². The first-order valence-corrected chi connectivity index (χ1v) is 7.48. The van der Waals surface area contributed by atoms with E-state index in [-0.39, 0.29) is 11.7 Å². The Morgan fingerprint density at radius 1 is 1.55 bits per heavy atom. The zero-order chi connectivity index (χ0) is 14.5. The lowest BCUT2D eigenvalue weighted by Gasteiger charge is -2.08. The lowest BCUT2D eigenvalue weighted by atomic mass is 10.3. The number of aryl methyl sites for hydroxylation is 1. The van der Waals surface area contributed by atoms with E-state index in [0.717, 1.165) is 10.2 Å². The number of ether oxygens (including phenoxy) is 1. The van der Waals surface area contributed by atoms with E-state index >= 15 is 0 Å².